The summed E-state index contributed by atoms with van der Waals surface area (Å²) in [6.07, 6.45) is 7.20. The first-order chi connectivity index (χ1) is 17.4. The summed E-state index contributed by atoms with van der Waals surface area (Å²) in [5.74, 6) is -0.0702. The standard InChI is InChI=1S/C29H31ClN4O2/c1-32(22-13-17-34(18-14-22)23-11-15-31-16-12-23)28(35)21-8-7-20-9-10-27(25(20)19-21)33(2)29(36)24-5-3-4-6-26(24)30/h3-8,11-12,15-16,19,22,27H,9-10,13-14,17-18H2,1-2H3. The Bertz CT molecular complexity index is 1260. The number of piperidine rings is 1. The number of amides is 2. The van der Waals surface area contributed by atoms with E-state index in [0.29, 0.717) is 16.1 Å². The van der Waals surface area contributed by atoms with Crippen LogP contribution in [0.2, 0.25) is 5.02 Å². The molecule has 0 bridgehead atoms. The lowest BCUT2D eigenvalue weighted by molar-refractivity contribution is 0.0709. The highest BCUT2D eigenvalue weighted by Gasteiger charge is 2.32. The molecule has 1 fully saturated rings. The molecule has 5 rings (SSSR count). The summed E-state index contributed by atoms with van der Waals surface area (Å²) in [5.41, 5.74) is 4.62. The van der Waals surface area contributed by atoms with Crippen molar-refractivity contribution in [3.63, 3.8) is 0 Å². The van der Waals surface area contributed by atoms with E-state index in [2.05, 4.69) is 16.0 Å². The lowest BCUT2D eigenvalue weighted by Crippen LogP contribution is -2.45. The number of rotatable bonds is 5. The predicted octanol–water partition coefficient (Wildman–Crippen LogP) is 5.24. The van der Waals surface area contributed by atoms with Gasteiger partial charge in [-0.1, -0.05) is 29.8 Å². The first kappa shape index (κ1) is 24.3. The van der Waals surface area contributed by atoms with Crippen molar-refractivity contribution in [2.75, 3.05) is 32.1 Å². The van der Waals surface area contributed by atoms with E-state index in [9.17, 15) is 9.59 Å². The summed E-state index contributed by atoms with van der Waals surface area (Å²) in [5, 5.41) is 0.452. The molecule has 1 atom stereocenters. The second kappa shape index (κ2) is 10.3. The monoisotopic (exact) mass is 502 g/mol. The Labute approximate surface area is 217 Å². The molecule has 2 heterocycles. The minimum Gasteiger partial charge on any atom is -0.371 e. The van der Waals surface area contributed by atoms with Gasteiger partial charge in [0.15, 0.2) is 0 Å². The van der Waals surface area contributed by atoms with Gasteiger partial charge in [-0.3, -0.25) is 14.6 Å². The molecule has 1 saturated heterocycles. The number of fused-ring (bicyclic) bond motifs is 1. The summed E-state index contributed by atoms with van der Waals surface area (Å²) < 4.78 is 0. The van der Waals surface area contributed by atoms with Gasteiger partial charge >= 0.3 is 0 Å². The summed E-state index contributed by atoms with van der Waals surface area (Å²) in [7, 11) is 3.73. The van der Waals surface area contributed by atoms with Gasteiger partial charge in [0, 0.05) is 56.9 Å². The van der Waals surface area contributed by atoms with Crippen LogP contribution in [0.1, 0.15) is 57.1 Å². The third-order valence-corrected chi connectivity index (χ3v) is 8.02. The maximum absolute atomic E-state index is 13.5. The van der Waals surface area contributed by atoms with E-state index in [4.69, 9.17) is 11.6 Å². The molecule has 6 nitrogen and oxygen atoms in total. The Morgan fingerprint density at radius 3 is 2.36 bits per heavy atom. The Kier molecular flexibility index (Phi) is 6.97. The molecule has 0 radical (unpaired) electrons. The van der Waals surface area contributed by atoms with Gasteiger partial charge in [-0.25, -0.2) is 0 Å². The summed E-state index contributed by atoms with van der Waals surface area (Å²) in [4.78, 5) is 36.8. The molecule has 36 heavy (non-hydrogen) atoms. The fraction of sp³-hybridized carbons (Fsp3) is 0.345. The number of halogens is 1. The van der Waals surface area contributed by atoms with Crippen molar-refractivity contribution in [2.45, 2.75) is 37.8 Å². The Morgan fingerprint density at radius 1 is 0.917 bits per heavy atom. The van der Waals surface area contributed by atoms with E-state index in [1.807, 2.05) is 67.8 Å². The van der Waals surface area contributed by atoms with Gasteiger partial charge in [-0.15, -0.1) is 0 Å². The van der Waals surface area contributed by atoms with Crippen LogP contribution in [0.25, 0.3) is 0 Å². The molecule has 1 aromatic heterocycles. The topological polar surface area (TPSA) is 56.8 Å². The summed E-state index contributed by atoms with van der Waals surface area (Å²) in [6.45, 7) is 1.82. The third kappa shape index (κ3) is 4.70. The van der Waals surface area contributed by atoms with Gasteiger partial charge in [0.25, 0.3) is 11.8 Å². The normalized spacial score (nSPS) is 17.5. The molecule has 1 unspecified atom stereocenters. The molecule has 2 amide bonds. The maximum Gasteiger partial charge on any atom is 0.255 e. The van der Waals surface area contributed by atoms with Crippen LogP contribution in [0, 0.1) is 0 Å². The number of hydrogen-bond donors (Lipinski definition) is 0. The van der Waals surface area contributed by atoms with Crippen molar-refractivity contribution in [2.24, 2.45) is 0 Å². The van der Waals surface area contributed by atoms with Gasteiger partial charge < -0.3 is 14.7 Å². The molecule has 7 heteroatoms. The molecule has 1 aliphatic heterocycles. The number of aromatic nitrogens is 1. The smallest absolute Gasteiger partial charge is 0.255 e. The molecule has 3 aromatic rings. The lowest BCUT2D eigenvalue weighted by atomic mass is 9.99. The van der Waals surface area contributed by atoms with Crippen LogP contribution < -0.4 is 4.90 Å². The minimum absolute atomic E-state index is 0.0332. The van der Waals surface area contributed by atoms with Crippen molar-refractivity contribution < 1.29 is 9.59 Å². The highest BCUT2D eigenvalue weighted by molar-refractivity contribution is 6.33. The van der Waals surface area contributed by atoms with E-state index < -0.39 is 0 Å². The van der Waals surface area contributed by atoms with E-state index in [1.54, 1.807) is 17.0 Å². The van der Waals surface area contributed by atoms with Crippen LogP contribution in [0.15, 0.2) is 67.0 Å². The Hall–Kier alpha value is -3.38. The molecule has 2 aliphatic rings. The highest BCUT2D eigenvalue weighted by Crippen LogP contribution is 2.37. The number of benzene rings is 2. The van der Waals surface area contributed by atoms with E-state index >= 15 is 0 Å². The molecular formula is C29H31ClN4O2. The van der Waals surface area contributed by atoms with Crippen molar-refractivity contribution in [1.82, 2.24) is 14.8 Å². The number of hydrogen-bond acceptors (Lipinski definition) is 4. The van der Waals surface area contributed by atoms with Gasteiger partial charge in [0.05, 0.1) is 16.6 Å². The van der Waals surface area contributed by atoms with Gasteiger partial charge in [-0.05, 0) is 73.2 Å². The second-order valence-electron chi connectivity index (χ2n) is 9.70. The van der Waals surface area contributed by atoms with Crippen LogP contribution in [0.5, 0.6) is 0 Å². The average molecular weight is 503 g/mol. The molecular weight excluding hydrogens is 472 g/mol. The van der Waals surface area contributed by atoms with Gasteiger partial charge in [0.1, 0.15) is 0 Å². The fourth-order valence-electron chi connectivity index (χ4n) is 5.52. The Morgan fingerprint density at radius 2 is 1.64 bits per heavy atom. The van der Waals surface area contributed by atoms with Crippen LogP contribution >= 0.6 is 11.6 Å². The number of nitrogens with zero attached hydrogens (tertiary/aromatic N) is 4. The van der Waals surface area contributed by atoms with Crippen LogP contribution in [-0.4, -0.2) is 59.8 Å². The van der Waals surface area contributed by atoms with E-state index in [-0.39, 0.29) is 23.9 Å². The van der Waals surface area contributed by atoms with Crippen molar-refractivity contribution in [3.05, 3.63) is 94.3 Å². The number of aryl methyl sites for hydroxylation is 1. The molecule has 1 aliphatic carbocycles. The molecule has 0 N–H and O–H groups in total. The van der Waals surface area contributed by atoms with Crippen molar-refractivity contribution in [3.8, 4) is 0 Å². The predicted molar refractivity (Wildman–Crippen MR) is 143 cm³/mol. The summed E-state index contributed by atoms with van der Waals surface area (Å²) in [6, 6.07) is 17.3. The fourth-order valence-corrected chi connectivity index (χ4v) is 5.73. The maximum atomic E-state index is 13.5. The Balaban J connectivity index is 1.28. The number of carbonyl (C=O) groups excluding carboxylic acids is 2. The number of carbonyl (C=O) groups is 2. The first-order valence-electron chi connectivity index (χ1n) is 12.5. The highest BCUT2D eigenvalue weighted by atomic mass is 35.5. The zero-order chi connectivity index (χ0) is 25.2. The average Bonchev–Trinajstić information content (AvgIpc) is 3.35. The van der Waals surface area contributed by atoms with E-state index in [0.717, 1.165) is 44.3 Å². The first-order valence-corrected chi connectivity index (χ1v) is 12.9. The SMILES string of the molecule is CN(C(=O)c1ccc2c(c1)C(N(C)C(=O)c1ccccc1Cl)CC2)C1CCN(c2ccncc2)CC1. The van der Waals surface area contributed by atoms with Crippen molar-refractivity contribution >= 4 is 29.1 Å². The van der Waals surface area contributed by atoms with Crippen LogP contribution in [0.3, 0.4) is 0 Å². The number of anilines is 1. The minimum atomic E-state index is -0.103. The van der Waals surface area contributed by atoms with Crippen LogP contribution in [0.4, 0.5) is 5.69 Å². The van der Waals surface area contributed by atoms with Crippen molar-refractivity contribution in [1.29, 1.82) is 0 Å². The molecule has 0 saturated carbocycles. The molecule has 0 spiro atoms. The largest absolute Gasteiger partial charge is 0.371 e. The van der Waals surface area contributed by atoms with E-state index in [1.165, 1.54) is 11.3 Å². The zero-order valence-electron chi connectivity index (χ0n) is 20.7. The lowest BCUT2D eigenvalue weighted by Gasteiger charge is -2.38. The number of pyridine rings is 1. The molecule has 186 valence electrons. The van der Waals surface area contributed by atoms with Gasteiger partial charge in [0.2, 0.25) is 0 Å². The second-order valence-corrected chi connectivity index (χ2v) is 10.1. The zero-order valence-corrected chi connectivity index (χ0v) is 21.5. The van der Waals surface area contributed by atoms with Gasteiger partial charge in [-0.2, -0.15) is 0 Å². The quantitative estimate of drug-likeness (QED) is 0.479. The van der Waals surface area contributed by atoms with Crippen LogP contribution in [-0.2, 0) is 6.42 Å². The third-order valence-electron chi connectivity index (χ3n) is 7.69. The molecule has 2 aromatic carbocycles. The summed E-state index contributed by atoms with van der Waals surface area (Å²) >= 11 is 6.29.